The summed E-state index contributed by atoms with van der Waals surface area (Å²) in [4.78, 5) is 19.0. The van der Waals surface area contributed by atoms with Crippen molar-refractivity contribution >= 4 is 5.91 Å². The zero-order valence-electron chi connectivity index (χ0n) is 14.4. The third-order valence-electron chi connectivity index (χ3n) is 5.28. The zero-order chi connectivity index (χ0) is 17.1. The first-order valence-electron chi connectivity index (χ1n) is 9.20. The van der Waals surface area contributed by atoms with E-state index in [2.05, 4.69) is 32.4 Å². The molecule has 2 atom stereocenters. The first-order chi connectivity index (χ1) is 12.3. The molecule has 1 saturated carbocycles. The molecule has 0 spiro atoms. The van der Waals surface area contributed by atoms with Crippen LogP contribution in [0, 0.1) is 5.92 Å². The molecule has 2 heterocycles. The van der Waals surface area contributed by atoms with Gasteiger partial charge in [0.05, 0.1) is 19.1 Å². The Morgan fingerprint density at radius 3 is 2.80 bits per heavy atom. The quantitative estimate of drug-likeness (QED) is 0.838. The lowest BCUT2D eigenvalue weighted by Crippen LogP contribution is -2.42. The van der Waals surface area contributed by atoms with E-state index in [9.17, 15) is 4.79 Å². The lowest BCUT2D eigenvalue weighted by molar-refractivity contribution is -0.123. The molecule has 1 aliphatic heterocycles. The van der Waals surface area contributed by atoms with Gasteiger partial charge in [-0.1, -0.05) is 30.3 Å². The number of hydrogen-bond acceptors (Lipinski definition) is 4. The molecule has 4 rings (SSSR count). The largest absolute Gasteiger partial charge is 0.348 e. The highest BCUT2D eigenvalue weighted by Gasteiger charge is 2.34. The molecule has 1 amide bonds. The number of likely N-dealkylation sites (tertiary alicyclic amines) is 1. The topological polar surface area (TPSA) is 63.1 Å². The molecule has 0 radical (unpaired) electrons. The van der Waals surface area contributed by atoms with Crippen LogP contribution in [0.25, 0.3) is 0 Å². The number of benzene rings is 1. The van der Waals surface area contributed by atoms with Gasteiger partial charge >= 0.3 is 0 Å². The highest BCUT2D eigenvalue weighted by Crippen LogP contribution is 2.40. The third kappa shape index (κ3) is 4.07. The number of aromatic nitrogens is 3. The summed E-state index contributed by atoms with van der Waals surface area (Å²) in [5.41, 5.74) is 1.22. The van der Waals surface area contributed by atoms with E-state index in [1.165, 1.54) is 18.4 Å². The first kappa shape index (κ1) is 16.3. The van der Waals surface area contributed by atoms with Gasteiger partial charge in [0.15, 0.2) is 0 Å². The average Bonchev–Trinajstić information content (AvgIpc) is 3.17. The standard InChI is InChI=1S/C19H25N5O/c25-18(22-19(16-8-9-16)15-5-2-1-3-6-15)12-23-10-4-7-17(23)11-24-14-20-13-21-24/h1-3,5-6,13-14,16-17,19H,4,7-12H2,(H,22,25)/t17-,19+/m1/s1. The smallest absolute Gasteiger partial charge is 0.234 e. The molecule has 1 aliphatic carbocycles. The van der Waals surface area contributed by atoms with Crippen LogP contribution in [0.5, 0.6) is 0 Å². The number of carbonyl (C=O) groups excluding carboxylic acids is 1. The predicted octanol–water partition coefficient (Wildman–Crippen LogP) is 2.01. The molecule has 1 aromatic carbocycles. The Labute approximate surface area is 148 Å². The Balaban J connectivity index is 1.36. The van der Waals surface area contributed by atoms with Gasteiger partial charge in [-0.05, 0) is 43.7 Å². The summed E-state index contributed by atoms with van der Waals surface area (Å²) in [6.45, 7) is 2.25. The molecule has 25 heavy (non-hydrogen) atoms. The van der Waals surface area contributed by atoms with Crippen molar-refractivity contribution < 1.29 is 4.79 Å². The second-order valence-electron chi connectivity index (χ2n) is 7.18. The fourth-order valence-electron chi connectivity index (χ4n) is 3.82. The predicted molar refractivity (Wildman–Crippen MR) is 94.7 cm³/mol. The van der Waals surface area contributed by atoms with Crippen LogP contribution in [0.15, 0.2) is 43.0 Å². The van der Waals surface area contributed by atoms with E-state index in [0.717, 1.165) is 25.9 Å². The molecule has 1 saturated heterocycles. The van der Waals surface area contributed by atoms with Gasteiger partial charge in [0.1, 0.15) is 12.7 Å². The summed E-state index contributed by atoms with van der Waals surface area (Å²) in [5, 5.41) is 7.48. The lowest BCUT2D eigenvalue weighted by atomic mass is 10.0. The molecule has 6 nitrogen and oxygen atoms in total. The molecule has 2 aromatic rings. The number of nitrogens with one attached hydrogen (secondary N) is 1. The van der Waals surface area contributed by atoms with Gasteiger partial charge < -0.3 is 5.32 Å². The van der Waals surface area contributed by atoms with Crippen LogP contribution in [-0.2, 0) is 11.3 Å². The summed E-state index contributed by atoms with van der Waals surface area (Å²) >= 11 is 0. The van der Waals surface area contributed by atoms with Gasteiger partial charge in [0.2, 0.25) is 5.91 Å². The minimum atomic E-state index is 0.131. The molecular weight excluding hydrogens is 314 g/mol. The van der Waals surface area contributed by atoms with Crippen molar-refractivity contribution in [3.63, 3.8) is 0 Å². The molecule has 0 bridgehead atoms. The van der Waals surface area contributed by atoms with Crippen molar-refractivity contribution in [1.82, 2.24) is 25.0 Å². The number of hydrogen-bond donors (Lipinski definition) is 1. The second-order valence-corrected chi connectivity index (χ2v) is 7.18. The average molecular weight is 339 g/mol. The van der Waals surface area contributed by atoms with Crippen LogP contribution in [0.2, 0.25) is 0 Å². The van der Waals surface area contributed by atoms with Crippen LogP contribution >= 0.6 is 0 Å². The lowest BCUT2D eigenvalue weighted by Gasteiger charge is -2.25. The van der Waals surface area contributed by atoms with E-state index in [-0.39, 0.29) is 11.9 Å². The Bertz CT molecular complexity index is 683. The van der Waals surface area contributed by atoms with Crippen LogP contribution in [0.3, 0.4) is 0 Å². The SMILES string of the molecule is O=C(CN1CCC[C@@H]1Cn1cncn1)N[C@@H](c1ccccc1)C1CC1. The van der Waals surface area contributed by atoms with Crippen LogP contribution in [0.1, 0.15) is 37.3 Å². The number of rotatable bonds is 7. The highest BCUT2D eigenvalue weighted by atomic mass is 16.2. The van der Waals surface area contributed by atoms with E-state index in [4.69, 9.17) is 0 Å². The van der Waals surface area contributed by atoms with E-state index in [1.807, 2.05) is 22.9 Å². The van der Waals surface area contributed by atoms with Gasteiger partial charge in [-0.25, -0.2) is 4.98 Å². The Morgan fingerprint density at radius 2 is 2.08 bits per heavy atom. The van der Waals surface area contributed by atoms with Gasteiger partial charge in [0.25, 0.3) is 0 Å². The summed E-state index contributed by atoms with van der Waals surface area (Å²) in [6.07, 6.45) is 7.97. The Hall–Kier alpha value is -2.21. The normalized spacial score (nSPS) is 22.0. The van der Waals surface area contributed by atoms with Gasteiger partial charge in [-0.3, -0.25) is 14.4 Å². The molecule has 2 aliphatic rings. The number of carbonyl (C=O) groups is 1. The summed E-state index contributed by atoms with van der Waals surface area (Å²) in [5.74, 6) is 0.724. The maximum atomic E-state index is 12.7. The third-order valence-corrected chi connectivity index (χ3v) is 5.28. The van der Waals surface area contributed by atoms with Crippen molar-refractivity contribution in [2.75, 3.05) is 13.1 Å². The molecule has 0 unspecified atom stereocenters. The van der Waals surface area contributed by atoms with E-state index in [0.29, 0.717) is 18.5 Å². The molecule has 6 heteroatoms. The van der Waals surface area contributed by atoms with Crippen molar-refractivity contribution in [3.8, 4) is 0 Å². The monoisotopic (exact) mass is 339 g/mol. The van der Waals surface area contributed by atoms with Gasteiger partial charge in [-0.15, -0.1) is 0 Å². The minimum Gasteiger partial charge on any atom is -0.348 e. The summed E-state index contributed by atoms with van der Waals surface area (Å²) in [6, 6.07) is 10.9. The molecule has 1 aromatic heterocycles. The van der Waals surface area contributed by atoms with E-state index in [1.54, 1.807) is 12.7 Å². The van der Waals surface area contributed by atoms with Crippen molar-refractivity contribution in [2.24, 2.45) is 5.92 Å². The molecule has 2 fully saturated rings. The zero-order valence-corrected chi connectivity index (χ0v) is 14.4. The summed E-state index contributed by atoms with van der Waals surface area (Å²) < 4.78 is 1.86. The van der Waals surface area contributed by atoms with Crippen molar-refractivity contribution in [2.45, 2.75) is 44.3 Å². The fraction of sp³-hybridized carbons (Fsp3) is 0.526. The van der Waals surface area contributed by atoms with Crippen molar-refractivity contribution in [3.05, 3.63) is 48.5 Å². The maximum absolute atomic E-state index is 12.7. The fourth-order valence-corrected chi connectivity index (χ4v) is 3.82. The van der Waals surface area contributed by atoms with Crippen LogP contribution in [0.4, 0.5) is 0 Å². The molecular formula is C19H25N5O. The van der Waals surface area contributed by atoms with Crippen LogP contribution in [-0.4, -0.2) is 44.7 Å². The van der Waals surface area contributed by atoms with Crippen LogP contribution < -0.4 is 5.32 Å². The van der Waals surface area contributed by atoms with Gasteiger partial charge in [0, 0.05) is 6.04 Å². The Kier molecular flexibility index (Phi) is 4.78. The minimum absolute atomic E-state index is 0.131. The second kappa shape index (κ2) is 7.35. The molecule has 1 N–H and O–H groups in total. The molecule has 132 valence electrons. The highest BCUT2D eigenvalue weighted by molar-refractivity contribution is 5.78. The van der Waals surface area contributed by atoms with E-state index < -0.39 is 0 Å². The summed E-state index contributed by atoms with van der Waals surface area (Å²) in [7, 11) is 0. The maximum Gasteiger partial charge on any atom is 0.234 e. The van der Waals surface area contributed by atoms with E-state index >= 15 is 0 Å². The number of nitrogens with zero attached hydrogens (tertiary/aromatic N) is 4. The van der Waals surface area contributed by atoms with Gasteiger partial charge in [-0.2, -0.15) is 5.10 Å². The number of amides is 1. The Morgan fingerprint density at radius 1 is 1.24 bits per heavy atom. The van der Waals surface area contributed by atoms with Crippen molar-refractivity contribution in [1.29, 1.82) is 0 Å². The first-order valence-corrected chi connectivity index (χ1v) is 9.20.